The highest BCUT2D eigenvalue weighted by atomic mass is 16.2. The molecule has 5 nitrogen and oxygen atoms in total. The molecule has 0 bridgehead atoms. The molecule has 1 aromatic rings. The number of hydrogen-bond acceptors (Lipinski definition) is 4. The Morgan fingerprint density at radius 2 is 1.83 bits per heavy atom. The number of hydrogen-bond donors (Lipinski definition) is 1. The standard InChI is InChI=1S/C13H13N3O2/c14-7-6-11(10-4-2-1-3-5-10)16-8-12(17)15-13(18)9-16/h1-5,11H,6,8-9H2,(H,15,17,18). The SMILES string of the molecule is N#CCC(c1ccccc1)N1CC(=O)NC(=O)C1. The molecule has 1 aliphatic rings. The van der Waals surface area contributed by atoms with Gasteiger partial charge < -0.3 is 0 Å². The van der Waals surface area contributed by atoms with Crippen LogP contribution in [0.15, 0.2) is 30.3 Å². The molecule has 1 saturated heterocycles. The molecule has 1 atom stereocenters. The number of rotatable bonds is 3. The summed E-state index contributed by atoms with van der Waals surface area (Å²) in [6.07, 6.45) is 0.255. The maximum Gasteiger partial charge on any atom is 0.240 e. The highest BCUT2D eigenvalue weighted by Crippen LogP contribution is 2.24. The van der Waals surface area contributed by atoms with Gasteiger partial charge in [-0.05, 0) is 5.56 Å². The predicted molar refractivity (Wildman–Crippen MR) is 64.1 cm³/mol. The zero-order valence-corrected chi connectivity index (χ0v) is 9.80. The van der Waals surface area contributed by atoms with Crippen molar-refractivity contribution < 1.29 is 9.59 Å². The Balaban J connectivity index is 2.23. The molecule has 2 rings (SSSR count). The van der Waals surface area contributed by atoms with E-state index in [0.29, 0.717) is 0 Å². The molecule has 2 amide bonds. The molecule has 0 aliphatic carbocycles. The van der Waals surface area contributed by atoms with Gasteiger partial charge in [0.15, 0.2) is 0 Å². The number of nitriles is 1. The minimum atomic E-state index is -0.315. The Morgan fingerprint density at radius 1 is 1.22 bits per heavy atom. The summed E-state index contributed by atoms with van der Waals surface area (Å²) in [7, 11) is 0. The van der Waals surface area contributed by atoms with E-state index in [1.54, 1.807) is 4.90 Å². The normalized spacial score (nSPS) is 17.9. The van der Waals surface area contributed by atoms with E-state index in [1.807, 2.05) is 30.3 Å². The summed E-state index contributed by atoms with van der Waals surface area (Å²) in [5, 5.41) is 11.2. The highest BCUT2D eigenvalue weighted by molar-refractivity contribution is 5.99. The number of amides is 2. The Kier molecular flexibility index (Phi) is 3.70. The number of imide groups is 1. The van der Waals surface area contributed by atoms with Crippen molar-refractivity contribution >= 4 is 11.8 Å². The second-order valence-electron chi connectivity index (χ2n) is 4.17. The van der Waals surface area contributed by atoms with E-state index < -0.39 is 0 Å². The van der Waals surface area contributed by atoms with Gasteiger partial charge in [0, 0.05) is 6.04 Å². The second-order valence-corrected chi connectivity index (χ2v) is 4.17. The average molecular weight is 243 g/mol. The summed E-state index contributed by atoms with van der Waals surface area (Å²) >= 11 is 0. The van der Waals surface area contributed by atoms with Crippen LogP contribution >= 0.6 is 0 Å². The zero-order chi connectivity index (χ0) is 13.0. The van der Waals surface area contributed by atoms with Gasteiger partial charge in [0.1, 0.15) is 0 Å². The van der Waals surface area contributed by atoms with Crippen LogP contribution in [0.4, 0.5) is 0 Å². The van der Waals surface area contributed by atoms with Gasteiger partial charge in [-0.1, -0.05) is 30.3 Å². The highest BCUT2D eigenvalue weighted by Gasteiger charge is 2.29. The molecular formula is C13H13N3O2. The predicted octanol–water partition coefficient (Wildman–Crippen LogP) is 0.600. The number of nitrogens with one attached hydrogen (secondary N) is 1. The smallest absolute Gasteiger partial charge is 0.240 e. The first kappa shape index (κ1) is 12.3. The largest absolute Gasteiger partial charge is 0.294 e. The number of carbonyl (C=O) groups excluding carboxylic acids is 2. The lowest BCUT2D eigenvalue weighted by Gasteiger charge is -2.32. The number of benzene rings is 1. The zero-order valence-electron chi connectivity index (χ0n) is 9.80. The summed E-state index contributed by atoms with van der Waals surface area (Å²) in [6, 6.07) is 11.3. The van der Waals surface area contributed by atoms with Crippen LogP contribution in [0.5, 0.6) is 0 Å². The molecular weight excluding hydrogens is 230 g/mol. The van der Waals surface area contributed by atoms with Gasteiger partial charge in [0.2, 0.25) is 11.8 Å². The van der Waals surface area contributed by atoms with Crippen molar-refractivity contribution in [2.24, 2.45) is 0 Å². The number of carbonyl (C=O) groups is 2. The maximum absolute atomic E-state index is 11.4. The van der Waals surface area contributed by atoms with Gasteiger partial charge in [0.05, 0.1) is 25.6 Å². The third-order valence-corrected chi connectivity index (χ3v) is 2.88. The molecule has 0 radical (unpaired) electrons. The van der Waals surface area contributed by atoms with Crippen LogP contribution in [-0.2, 0) is 9.59 Å². The van der Waals surface area contributed by atoms with E-state index >= 15 is 0 Å². The van der Waals surface area contributed by atoms with Gasteiger partial charge in [0.25, 0.3) is 0 Å². The van der Waals surface area contributed by atoms with Crippen LogP contribution in [-0.4, -0.2) is 29.8 Å². The van der Waals surface area contributed by atoms with Gasteiger partial charge in [-0.2, -0.15) is 5.26 Å². The minimum absolute atomic E-state index is 0.146. The molecule has 0 spiro atoms. The van der Waals surface area contributed by atoms with E-state index in [1.165, 1.54) is 0 Å². The lowest BCUT2D eigenvalue weighted by Crippen LogP contribution is -2.52. The van der Waals surface area contributed by atoms with E-state index in [9.17, 15) is 9.59 Å². The minimum Gasteiger partial charge on any atom is -0.294 e. The van der Waals surface area contributed by atoms with Gasteiger partial charge in [-0.15, -0.1) is 0 Å². The Morgan fingerprint density at radius 3 is 2.39 bits per heavy atom. The summed E-state index contributed by atoms with van der Waals surface area (Å²) in [5.74, 6) is -0.629. The molecule has 5 heteroatoms. The molecule has 1 heterocycles. The van der Waals surface area contributed by atoms with E-state index in [4.69, 9.17) is 5.26 Å². The summed E-state index contributed by atoms with van der Waals surface area (Å²) in [6.45, 7) is 0.292. The summed E-state index contributed by atoms with van der Waals surface area (Å²) < 4.78 is 0. The molecule has 1 aliphatic heterocycles. The van der Waals surface area contributed by atoms with Crippen molar-refractivity contribution in [1.82, 2.24) is 10.2 Å². The monoisotopic (exact) mass is 243 g/mol. The van der Waals surface area contributed by atoms with E-state index in [2.05, 4.69) is 11.4 Å². The van der Waals surface area contributed by atoms with E-state index in [-0.39, 0.29) is 37.4 Å². The summed E-state index contributed by atoms with van der Waals surface area (Å²) in [5.41, 5.74) is 0.946. The molecule has 1 fully saturated rings. The first-order chi connectivity index (χ1) is 8.70. The quantitative estimate of drug-likeness (QED) is 0.789. The maximum atomic E-state index is 11.4. The fourth-order valence-electron chi connectivity index (χ4n) is 2.10. The lowest BCUT2D eigenvalue weighted by molar-refractivity contribution is -0.137. The van der Waals surface area contributed by atoms with Crippen molar-refractivity contribution in [1.29, 1.82) is 5.26 Å². The molecule has 92 valence electrons. The van der Waals surface area contributed by atoms with Crippen molar-refractivity contribution in [2.75, 3.05) is 13.1 Å². The molecule has 1 aromatic carbocycles. The van der Waals surface area contributed by atoms with E-state index in [0.717, 1.165) is 5.56 Å². The van der Waals surface area contributed by atoms with Crippen LogP contribution in [0.25, 0.3) is 0 Å². The Labute approximate surface area is 105 Å². The summed E-state index contributed by atoms with van der Waals surface area (Å²) in [4.78, 5) is 24.5. The Hall–Kier alpha value is -2.19. The fourth-order valence-corrected chi connectivity index (χ4v) is 2.10. The van der Waals surface area contributed by atoms with Crippen LogP contribution in [0.3, 0.4) is 0 Å². The van der Waals surface area contributed by atoms with Crippen LogP contribution < -0.4 is 5.32 Å². The van der Waals surface area contributed by atoms with Crippen molar-refractivity contribution in [3.05, 3.63) is 35.9 Å². The van der Waals surface area contributed by atoms with Crippen LogP contribution in [0.1, 0.15) is 18.0 Å². The van der Waals surface area contributed by atoms with Crippen LogP contribution in [0, 0.1) is 11.3 Å². The number of nitrogens with zero attached hydrogens (tertiary/aromatic N) is 2. The van der Waals surface area contributed by atoms with Gasteiger partial charge in [-0.25, -0.2) is 0 Å². The molecule has 1 unspecified atom stereocenters. The molecule has 0 aromatic heterocycles. The molecule has 18 heavy (non-hydrogen) atoms. The van der Waals surface area contributed by atoms with Crippen molar-refractivity contribution in [3.8, 4) is 6.07 Å². The van der Waals surface area contributed by atoms with Crippen molar-refractivity contribution in [3.63, 3.8) is 0 Å². The average Bonchev–Trinajstić information content (AvgIpc) is 2.36. The fraction of sp³-hybridized carbons (Fsp3) is 0.308. The first-order valence-electron chi connectivity index (χ1n) is 5.69. The molecule has 1 N–H and O–H groups in total. The number of piperazine rings is 1. The third kappa shape index (κ3) is 2.73. The first-order valence-corrected chi connectivity index (χ1v) is 5.69. The van der Waals surface area contributed by atoms with Crippen molar-refractivity contribution in [2.45, 2.75) is 12.5 Å². The lowest BCUT2D eigenvalue weighted by atomic mass is 10.0. The second kappa shape index (κ2) is 5.43. The Bertz CT molecular complexity index is 477. The third-order valence-electron chi connectivity index (χ3n) is 2.88. The van der Waals surface area contributed by atoms with Gasteiger partial charge >= 0.3 is 0 Å². The topological polar surface area (TPSA) is 73.2 Å². The van der Waals surface area contributed by atoms with Gasteiger partial charge in [-0.3, -0.25) is 19.8 Å². The van der Waals surface area contributed by atoms with Crippen LogP contribution in [0.2, 0.25) is 0 Å². The molecule has 0 saturated carbocycles.